The Hall–Kier alpha value is -1.28. The van der Waals surface area contributed by atoms with E-state index in [1.165, 1.54) is 5.56 Å². The van der Waals surface area contributed by atoms with Crippen LogP contribution in [0.5, 0.6) is 0 Å². The second-order valence-electron chi connectivity index (χ2n) is 3.23. The maximum absolute atomic E-state index is 8.81. The minimum Gasteiger partial charge on any atom is -0.464 e. The molecule has 1 N–H and O–H groups in total. The highest BCUT2D eigenvalue weighted by Gasteiger charge is 2.04. The highest BCUT2D eigenvalue weighted by Crippen LogP contribution is 2.22. The van der Waals surface area contributed by atoms with Crippen molar-refractivity contribution in [1.82, 2.24) is 0 Å². The number of aryl methyl sites for hydroxylation is 1. The Balaban J connectivity index is 2.55. The van der Waals surface area contributed by atoms with E-state index in [1.807, 2.05) is 19.1 Å². The Morgan fingerprint density at radius 2 is 2.23 bits per heavy atom. The van der Waals surface area contributed by atoms with Gasteiger partial charge in [-0.3, -0.25) is 0 Å². The fraction of sp³-hybridized carbons (Fsp3) is 0.273. The van der Waals surface area contributed by atoms with Crippen molar-refractivity contribution in [1.29, 1.82) is 0 Å². The topological polar surface area (TPSA) is 33.4 Å². The van der Waals surface area contributed by atoms with Crippen molar-refractivity contribution in [3.8, 4) is 0 Å². The molecule has 0 saturated carbocycles. The second kappa shape index (κ2) is 3.23. The third kappa shape index (κ3) is 1.45. The van der Waals surface area contributed by atoms with E-state index in [0.29, 0.717) is 6.42 Å². The lowest BCUT2D eigenvalue weighted by molar-refractivity contribution is 0.299. The first-order valence-corrected chi connectivity index (χ1v) is 4.39. The summed E-state index contributed by atoms with van der Waals surface area (Å²) in [4.78, 5) is 0. The Morgan fingerprint density at radius 3 is 3.00 bits per heavy atom. The largest absolute Gasteiger partial charge is 0.464 e. The van der Waals surface area contributed by atoms with Gasteiger partial charge in [0.15, 0.2) is 0 Å². The van der Waals surface area contributed by atoms with E-state index in [9.17, 15) is 0 Å². The van der Waals surface area contributed by atoms with E-state index < -0.39 is 0 Å². The fourth-order valence-corrected chi connectivity index (χ4v) is 1.50. The van der Waals surface area contributed by atoms with Crippen LogP contribution in [-0.4, -0.2) is 11.7 Å². The summed E-state index contributed by atoms with van der Waals surface area (Å²) in [5.74, 6) is 0. The number of benzene rings is 1. The highest BCUT2D eigenvalue weighted by molar-refractivity contribution is 5.81. The zero-order valence-corrected chi connectivity index (χ0v) is 7.58. The maximum atomic E-state index is 8.81. The summed E-state index contributed by atoms with van der Waals surface area (Å²) in [7, 11) is 0. The zero-order chi connectivity index (χ0) is 9.26. The van der Waals surface area contributed by atoms with E-state index in [2.05, 4.69) is 6.07 Å². The lowest BCUT2D eigenvalue weighted by atomic mass is 10.1. The van der Waals surface area contributed by atoms with E-state index >= 15 is 0 Å². The molecule has 68 valence electrons. The van der Waals surface area contributed by atoms with Crippen LogP contribution in [0.25, 0.3) is 11.0 Å². The minimum absolute atomic E-state index is 0.169. The van der Waals surface area contributed by atoms with Crippen molar-refractivity contribution in [3.63, 3.8) is 0 Å². The molecule has 0 saturated heterocycles. The van der Waals surface area contributed by atoms with Gasteiger partial charge in [0, 0.05) is 17.6 Å². The molecule has 0 aliphatic carbocycles. The summed E-state index contributed by atoms with van der Waals surface area (Å²) >= 11 is 0. The molecule has 0 aliphatic rings. The first-order chi connectivity index (χ1) is 6.31. The summed E-state index contributed by atoms with van der Waals surface area (Å²) in [5, 5.41) is 9.92. The van der Waals surface area contributed by atoms with Gasteiger partial charge in [-0.1, -0.05) is 12.1 Å². The molecule has 2 aromatic rings. The molecule has 1 heterocycles. The van der Waals surface area contributed by atoms with Crippen molar-refractivity contribution >= 4 is 11.0 Å². The molecule has 0 fully saturated rings. The van der Waals surface area contributed by atoms with Gasteiger partial charge in [-0.05, 0) is 25.0 Å². The number of furan rings is 1. The van der Waals surface area contributed by atoms with Crippen LogP contribution in [0.1, 0.15) is 11.1 Å². The number of fused-ring (bicyclic) bond motifs is 1. The summed E-state index contributed by atoms with van der Waals surface area (Å²) in [6, 6.07) is 6.11. The molecule has 0 aliphatic heterocycles. The van der Waals surface area contributed by atoms with E-state index in [-0.39, 0.29) is 6.61 Å². The number of hydrogen-bond acceptors (Lipinski definition) is 2. The Labute approximate surface area is 76.8 Å². The van der Waals surface area contributed by atoms with Gasteiger partial charge in [0.2, 0.25) is 0 Å². The van der Waals surface area contributed by atoms with E-state index in [1.54, 1.807) is 6.26 Å². The van der Waals surface area contributed by atoms with Crippen LogP contribution in [-0.2, 0) is 6.42 Å². The predicted octanol–water partition coefficient (Wildman–Crippen LogP) is 2.28. The Morgan fingerprint density at radius 1 is 1.38 bits per heavy atom. The average molecular weight is 176 g/mol. The number of aliphatic hydroxyl groups is 1. The molecule has 0 unspecified atom stereocenters. The van der Waals surface area contributed by atoms with Gasteiger partial charge in [0.25, 0.3) is 0 Å². The quantitative estimate of drug-likeness (QED) is 0.761. The van der Waals surface area contributed by atoms with Crippen LogP contribution < -0.4 is 0 Å². The van der Waals surface area contributed by atoms with Crippen molar-refractivity contribution < 1.29 is 9.52 Å². The number of hydrogen-bond donors (Lipinski definition) is 1. The molecule has 0 radical (unpaired) electrons. The molecule has 13 heavy (non-hydrogen) atoms. The highest BCUT2D eigenvalue weighted by atomic mass is 16.3. The summed E-state index contributed by atoms with van der Waals surface area (Å²) in [6.07, 6.45) is 2.39. The first-order valence-electron chi connectivity index (χ1n) is 4.39. The van der Waals surface area contributed by atoms with Gasteiger partial charge in [-0.25, -0.2) is 0 Å². The molecule has 1 aromatic heterocycles. The van der Waals surface area contributed by atoms with Gasteiger partial charge >= 0.3 is 0 Å². The van der Waals surface area contributed by atoms with Crippen molar-refractivity contribution in [3.05, 3.63) is 35.6 Å². The molecule has 1 aromatic carbocycles. The van der Waals surface area contributed by atoms with Crippen LogP contribution in [0.3, 0.4) is 0 Å². The average Bonchev–Trinajstić information content (AvgIpc) is 2.49. The summed E-state index contributed by atoms with van der Waals surface area (Å²) in [6.45, 7) is 2.20. The van der Waals surface area contributed by atoms with Crippen LogP contribution in [0.15, 0.2) is 28.9 Å². The van der Waals surface area contributed by atoms with Gasteiger partial charge in [0.1, 0.15) is 5.58 Å². The van der Waals surface area contributed by atoms with E-state index in [0.717, 1.165) is 16.5 Å². The Kier molecular flexibility index (Phi) is 2.07. The zero-order valence-electron chi connectivity index (χ0n) is 7.58. The van der Waals surface area contributed by atoms with Gasteiger partial charge in [0.05, 0.1) is 6.26 Å². The van der Waals surface area contributed by atoms with Gasteiger partial charge in [-0.15, -0.1) is 0 Å². The summed E-state index contributed by atoms with van der Waals surface area (Å²) in [5.41, 5.74) is 3.18. The third-order valence-electron chi connectivity index (χ3n) is 2.19. The van der Waals surface area contributed by atoms with Gasteiger partial charge in [-0.2, -0.15) is 0 Å². The first kappa shape index (κ1) is 8.32. The molecule has 0 bridgehead atoms. The summed E-state index contributed by atoms with van der Waals surface area (Å²) < 4.78 is 5.37. The van der Waals surface area contributed by atoms with Gasteiger partial charge < -0.3 is 9.52 Å². The minimum atomic E-state index is 0.169. The Bertz CT molecular complexity index is 415. The molecular formula is C11H12O2. The monoisotopic (exact) mass is 176 g/mol. The van der Waals surface area contributed by atoms with Crippen LogP contribution in [0.4, 0.5) is 0 Å². The molecule has 2 heteroatoms. The molecular weight excluding hydrogens is 164 g/mol. The molecule has 0 amide bonds. The third-order valence-corrected chi connectivity index (χ3v) is 2.19. The lowest BCUT2D eigenvalue weighted by Crippen LogP contribution is -1.87. The molecule has 2 nitrogen and oxygen atoms in total. The van der Waals surface area contributed by atoms with Crippen LogP contribution in [0, 0.1) is 6.92 Å². The van der Waals surface area contributed by atoms with Crippen molar-refractivity contribution in [2.24, 2.45) is 0 Å². The van der Waals surface area contributed by atoms with Crippen molar-refractivity contribution in [2.75, 3.05) is 6.61 Å². The smallest absolute Gasteiger partial charge is 0.134 e. The predicted molar refractivity (Wildman–Crippen MR) is 51.7 cm³/mol. The maximum Gasteiger partial charge on any atom is 0.134 e. The molecule has 0 spiro atoms. The fourth-order valence-electron chi connectivity index (χ4n) is 1.50. The normalized spacial score (nSPS) is 10.9. The number of aliphatic hydroxyl groups excluding tert-OH is 1. The molecule has 0 atom stereocenters. The number of rotatable bonds is 2. The molecule has 2 rings (SSSR count). The standard InChI is InChI=1S/C11H12O2/c1-8-2-3-10-9(4-5-12)7-13-11(10)6-8/h2-3,6-7,12H,4-5H2,1H3. The second-order valence-corrected chi connectivity index (χ2v) is 3.23. The van der Waals surface area contributed by atoms with Crippen molar-refractivity contribution in [2.45, 2.75) is 13.3 Å². The van der Waals surface area contributed by atoms with E-state index in [4.69, 9.17) is 9.52 Å². The lowest BCUT2D eigenvalue weighted by Gasteiger charge is -1.94. The SMILES string of the molecule is Cc1ccc2c(CCO)coc2c1. The van der Waals surface area contributed by atoms with Crippen LogP contribution >= 0.6 is 0 Å². The van der Waals surface area contributed by atoms with Crippen LogP contribution in [0.2, 0.25) is 0 Å².